The Morgan fingerprint density at radius 1 is 0.696 bits per heavy atom. The van der Waals surface area contributed by atoms with E-state index in [1.165, 1.54) is 12.2 Å². The molecular weight excluding hydrogens is 300 g/mol. The molecule has 0 aromatic heterocycles. The number of ether oxygens (including phenoxy) is 3. The summed E-state index contributed by atoms with van der Waals surface area (Å²) in [6.07, 6.45) is 4.00. The summed E-state index contributed by atoms with van der Waals surface area (Å²) in [6, 6.07) is 0. The number of nitrogens with one attached hydrogen (secondary N) is 2. The number of carbonyl (C=O) groups is 2. The first kappa shape index (κ1) is 21.3. The van der Waals surface area contributed by atoms with Crippen LogP contribution in [-0.4, -0.2) is 64.5 Å². The van der Waals surface area contributed by atoms with Gasteiger partial charge in [0.15, 0.2) is 0 Å². The van der Waals surface area contributed by atoms with E-state index in [-0.39, 0.29) is 11.8 Å². The molecule has 0 unspecified atom stereocenters. The highest BCUT2D eigenvalue weighted by molar-refractivity contribution is 5.87. The molecule has 7 nitrogen and oxygen atoms in total. The van der Waals surface area contributed by atoms with Gasteiger partial charge in [-0.1, -0.05) is 13.2 Å². The van der Waals surface area contributed by atoms with Gasteiger partial charge in [-0.3, -0.25) is 9.59 Å². The molecule has 2 N–H and O–H groups in total. The van der Waals surface area contributed by atoms with E-state index in [1.54, 1.807) is 0 Å². The van der Waals surface area contributed by atoms with Gasteiger partial charge >= 0.3 is 0 Å². The maximum Gasteiger partial charge on any atom is 0.243 e. The maximum absolute atomic E-state index is 10.8. The summed E-state index contributed by atoms with van der Waals surface area (Å²) >= 11 is 0. The lowest BCUT2D eigenvalue weighted by atomic mass is 10.4. The van der Waals surface area contributed by atoms with Crippen molar-refractivity contribution >= 4 is 11.8 Å². The minimum atomic E-state index is -0.170. The van der Waals surface area contributed by atoms with Crippen LogP contribution in [0.4, 0.5) is 0 Å². The van der Waals surface area contributed by atoms with Crippen molar-refractivity contribution in [1.82, 2.24) is 10.6 Å². The molecule has 0 aromatic rings. The molecule has 0 aliphatic carbocycles. The molecule has 0 radical (unpaired) electrons. The van der Waals surface area contributed by atoms with E-state index in [4.69, 9.17) is 14.2 Å². The van der Waals surface area contributed by atoms with Crippen molar-refractivity contribution < 1.29 is 23.8 Å². The summed E-state index contributed by atoms with van der Waals surface area (Å²) in [6.45, 7) is 11.1. The molecule has 0 bridgehead atoms. The quantitative estimate of drug-likeness (QED) is 0.317. The molecule has 0 rings (SSSR count). The van der Waals surface area contributed by atoms with E-state index in [2.05, 4.69) is 23.8 Å². The third kappa shape index (κ3) is 16.5. The number of hydrogen-bond donors (Lipinski definition) is 2. The monoisotopic (exact) mass is 328 g/mol. The van der Waals surface area contributed by atoms with Gasteiger partial charge in [0.05, 0.1) is 26.4 Å². The molecule has 23 heavy (non-hydrogen) atoms. The molecule has 7 heteroatoms. The van der Waals surface area contributed by atoms with Gasteiger partial charge in [0, 0.05) is 26.3 Å². The fourth-order valence-electron chi connectivity index (χ4n) is 1.46. The van der Waals surface area contributed by atoms with E-state index < -0.39 is 0 Å². The lowest BCUT2D eigenvalue weighted by molar-refractivity contribution is -0.117. The number of amides is 2. The predicted molar refractivity (Wildman–Crippen MR) is 88.1 cm³/mol. The second kappa shape index (κ2) is 16.7. The van der Waals surface area contributed by atoms with Crippen LogP contribution in [0.3, 0.4) is 0 Å². The van der Waals surface area contributed by atoms with E-state index >= 15 is 0 Å². The standard InChI is InChI=1S/C16H28N2O5/c1-3-15(19)17-7-5-9-21-11-13-23-14-12-22-10-6-8-18-16(20)4-2/h3-4H,1-2,5-14H2,(H,17,19)(H,18,20). The average molecular weight is 328 g/mol. The van der Waals surface area contributed by atoms with Crippen LogP contribution in [0.5, 0.6) is 0 Å². The van der Waals surface area contributed by atoms with E-state index in [0.717, 1.165) is 12.8 Å². The van der Waals surface area contributed by atoms with Crippen LogP contribution in [0.15, 0.2) is 25.3 Å². The van der Waals surface area contributed by atoms with Gasteiger partial charge in [-0.2, -0.15) is 0 Å². The highest BCUT2D eigenvalue weighted by atomic mass is 16.5. The van der Waals surface area contributed by atoms with Crippen LogP contribution in [0.2, 0.25) is 0 Å². The normalized spacial score (nSPS) is 10.1. The van der Waals surface area contributed by atoms with Crippen molar-refractivity contribution in [3.05, 3.63) is 25.3 Å². The highest BCUT2D eigenvalue weighted by Gasteiger charge is 1.95. The summed E-state index contributed by atoms with van der Waals surface area (Å²) < 4.78 is 16.0. The lowest BCUT2D eigenvalue weighted by Crippen LogP contribution is -2.23. The summed E-state index contributed by atoms with van der Waals surface area (Å²) in [5.41, 5.74) is 0. The van der Waals surface area contributed by atoms with Crippen molar-refractivity contribution in [1.29, 1.82) is 0 Å². The number of rotatable bonds is 16. The third-order valence-corrected chi connectivity index (χ3v) is 2.64. The molecule has 2 amide bonds. The predicted octanol–water partition coefficient (Wildman–Crippen LogP) is 0.421. The van der Waals surface area contributed by atoms with Gasteiger partial charge in [0.25, 0.3) is 0 Å². The maximum atomic E-state index is 10.8. The molecular formula is C16H28N2O5. The molecule has 0 aliphatic rings. The van der Waals surface area contributed by atoms with Crippen LogP contribution in [0.1, 0.15) is 12.8 Å². The second-order valence-corrected chi connectivity index (χ2v) is 4.53. The Labute approximate surface area is 138 Å². The molecule has 0 atom stereocenters. The zero-order valence-corrected chi connectivity index (χ0v) is 13.7. The fraction of sp³-hybridized carbons (Fsp3) is 0.625. The van der Waals surface area contributed by atoms with Crippen LogP contribution in [0, 0.1) is 0 Å². The molecule has 0 spiro atoms. The minimum absolute atomic E-state index is 0.170. The molecule has 0 aliphatic heterocycles. The van der Waals surface area contributed by atoms with E-state index in [9.17, 15) is 9.59 Å². The molecule has 0 aromatic carbocycles. The second-order valence-electron chi connectivity index (χ2n) is 4.53. The largest absolute Gasteiger partial charge is 0.379 e. The molecule has 0 saturated heterocycles. The molecule has 132 valence electrons. The zero-order valence-electron chi connectivity index (χ0n) is 13.7. The Bertz CT molecular complexity index is 315. The third-order valence-electron chi connectivity index (χ3n) is 2.64. The molecule has 0 heterocycles. The van der Waals surface area contributed by atoms with Gasteiger partial charge in [-0.25, -0.2) is 0 Å². The summed E-state index contributed by atoms with van der Waals surface area (Å²) in [5.74, 6) is -0.340. The Kier molecular flexibility index (Phi) is 15.4. The van der Waals surface area contributed by atoms with Gasteiger partial charge in [-0.05, 0) is 25.0 Å². The minimum Gasteiger partial charge on any atom is -0.379 e. The first-order valence-corrected chi connectivity index (χ1v) is 7.74. The summed E-state index contributed by atoms with van der Waals surface area (Å²) in [7, 11) is 0. The van der Waals surface area contributed by atoms with E-state index in [1.807, 2.05) is 0 Å². The van der Waals surface area contributed by atoms with Crippen molar-refractivity contribution in [3.63, 3.8) is 0 Å². The zero-order chi connectivity index (χ0) is 17.2. The summed E-state index contributed by atoms with van der Waals surface area (Å²) in [5, 5.41) is 5.34. The van der Waals surface area contributed by atoms with Crippen LogP contribution in [0.25, 0.3) is 0 Å². The highest BCUT2D eigenvalue weighted by Crippen LogP contribution is 1.86. The van der Waals surface area contributed by atoms with Gasteiger partial charge in [0.1, 0.15) is 0 Å². The van der Waals surface area contributed by atoms with Gasteiger partial charge in [-0.15, -0.1) is 0 Å². The van der Waals surface area contributed by atoms with Gasteiger partial charge < -0.3 is 24.8 Å². The Morgan fingerprint density at radius 2 is 1.04 bits per heavy atom. The SMILES string of the molecule is C=CC(=O)NCCCOCCOCCOCCCNC(=O)C=C. The van der Waals surface area contributed by atoms with Crippen molar-refractivity contribution in [2.24, 2.45) is 0 Å². The Hall–Kier alpha value is -1.70. The van der Waals surface area contributed by atoms with Gasteiger partial charge in [0.2, 0.25) is 11.8 Å². The molecule has 0 fully saturated rings. The first-order chi connectivity index (χ1) is 11.2. The first-order valence-electron chi connectivity index (χ1n) is 7.74. The number of hydrogen-bond acceptors (Lipinski definition) is 5. The topological polar surface area (TPSA) is 85.9 Å². The van der Waals surface area contributed by atoms with Crippen molar-refractivity contribution in [2.45, 2.75) is 12.8 Å². The smallest absolute Gasteiger partial charge is 0.243 e. The summed E-state index contributed by atoms with van der Waals surface area (Å²) in [4.78, 5) is 21.7. The van der Waals surface area contributed by atoms with Crippen molar-refractivity contribution in [3.8, 4) is 0 Å². The number of carbonyl (C=O) groups excluding carboxylic acids is 2. The van der Waals surface area contributed by atoms with Crippen LogP contribution < -0.4 is 10.6 Å². The van der Waals surface area contributed by atoms with Crippen LogP contribution >= 0.6 is 0 Å². The molecule has 0 saturated carbocycles. The fourth-order valence-corrected chi connectivity index (χ4v) is 1.46. The Balaban J connectivity index is 3.08. The van der Waals surface area contributed by atoms with E-state index in [0.29, 0.717) is 52.7 Å². The Morgan fingerprint density at radius 3 is 1.39 bits per heavy atom. The van der Waals surface area contributed by atoms with Crippen molar-refractivity contribution in [2.75, 3.05) is 52.7 Å². The van der Waals surface area contributed by atoms with Crippen LogP contribution in [-0.2, 0) is 23.8 Å². The lowest BCUT2D eigenvalue weighted by Gasteiger charge is -2.07. The average Bonchev–Trinajstić information content (AvgIpc) is 2.57.